The first-order valence-corrected chi connectivity index (χ1v) is 6.39. The highest BCUT2D eigenvalue weighted by Gasteiger charge is 2.47. The molecular formula is C16H15NO4. The van der Waals surface area contributed by atoms with Crippen LogP contribution in [-0.2, 0) is 14.3 Å². The molecule has 0 saturated carbocycles. The maximum Gasteiger partial charge on any atom is 0.330 e. The molecule has 5 heteroatoms. The number of para-hydroxylation sites is 1. The highest BCUT2D eigenvalue weighted by Crippen LogP contribution is 2.26. The van der Waals surface area contributed by atoms with Gasteiger partial charge in [0.1, 0.15) is 5.75 Å². The lowest BCUT2D eigenvalue weighted by Crippen LogP contribution is -2.66. The Morgan fingerprint density at radius 2 is 2.14 bits per heavy atom. The van der Waals surface area contributed by atoms with Gasteiger partial charge in [-0.3, -0.25) is 4.79 Å². The minimum Gasteiger partial charge on any atom is -0.478 e. The number of hydrogen-bond donors (Lipinski definition) is 0. The zero-order valence-electron chi connectivity index (χ0n) is 11.6. The number of hydrogen-bond acceptors (Lipinski definition) is 4. The summed E-state index contributed by atoms with van der Waals surface area (Å²) in [5.74, 6) is 2.32. The van der Waals surface area contributed by atoms with Crippen molar-refractivity contribution in [2.45, 2.75) is 12.1 Å². The van der Waals surface area contributed by atoms with Crippen LogP contribution in [0.4, 0.5) is 0 Å². The summed E-state index contributed by atoms with van der Waals surface area (Å²) in [6.45, 7) is 0.170. The second-order valence-electron chi connectivity index (χ2n) is 4.39. The number of rotatable bonds is 5. The SMILES string of the molecule is C#CCN1C(=O)[C@H](Oc2ccccc2)[C@H]1/C=C/C(=O)OC. The average Bonchev–Trinajstić information content (AvgIpc) is 2.53. The molecule has 1 aliphatic heterocycles. The first kappa shape index (κ1) is 14.7. The Bertz CT molecular complexity index is 588. The van der Waals surface area contributed by atoms with E-state index in [1.54, 1.807) is 18.2 Å². The number of benzene rings is 1. The van der Waals surface area contributed by atoms with Crippen LogP contribution in [0, 0.1) is 12.3 Å². The molecule has 0 radical (unpaired) electrons. The number of β-lactam (4-membered cyclic amide) rings is 1. The van der Waals surface area contributed by atoms with Crippen LogP contribution in [0.2, 0.25) is 0 Å². The predicted molar refractivity (Wildman–Crippen MR) is 76.3 cm³/mol. The third-order valence-electron chi connectivity index (χ3n) is 3.10. The number of amides is 1. The van der Waals surface area contributed by atoms with Gasteiger partial charge in [-0.25, -0.2) is 4.79 Å². The van der Waals surface area contributed by atoms with Gasteiger partial charge < -0.3 is 14.4 Å². The minimum atomic E-state index is -0.679. The maximum absolute atomic E-state index is 12.0. The molecule has 1 amide bonds. The van der Waals surface area contributed by atoms with Crippen molar-refractivity contribution < 1.29 is 19.1 Å². The number of carbonyl (C=O) groups excluding carboxylic acids is 2. The molecule has 1 aromatic rings. The van der Waals surface area contributed by atoms with E-state index in [0.29, 0.717) is 5.75 Å². The zero-order chi connectivity index (χ0) is 15.2. The van der Waals surface area contributed by atoms with Crippen LogP contribution in [0.5, 0.6) is 5.75 Å². The summed E-state index contributed by atoms with van der Waals surface area (Å²) in [5.41, 5.74) is 0. The van der Waals surface area contributed by atoms with Crippen LogP contribution in [0.1, 0.15) is 0 Å². The van der Waals surface area contributed by atoms with Gasteiger partial charge in [-0.15, -0.1) is 6.42 Å². The molecular weight excluding hydrogens is 270 g/mol. The van der Waals surface area contributed by atoms with Crippen molar-refractivity contribution in [1.29, 1.82) is 0 Å². The van der Waals surface area contributed by atoms with Crippen molar-refractivity contribution in [3.8, 4) is 18.1 Å². The fourth-order valence-corrected chi connectivity index (χ4v) is 2.04. The molecule has 2 rings (SSSR count). The Hall–Kier alpha value is -2.74. The smallest absolute Gasteiger partial charge is 0.330 e. The van der Waals surface area contributed by atoms with Gasteiger partial charge in [0.05, 0.1) is 19.7 Å². The van der Waals surface area contributed by atoms with Crippen molar-refractivity contribution >= 4 is 11.9 Å². The summed E-state index contributed by atoms with van der Waals surface area (Å²) in [4.78, 5) is 24.7. The largest absolute Gasteiger partial charge is 0.478 e. The summed E-state index contributed by atoms with van der Waals surface area (Å²) in [5, 5.41) is 0. The van der Waals surface area contributed by atoms with E-state index in [0.717, 1.165) is 0 Å². The van der Waals surface area contributed by atoms with Crippen molar-refractivity contribution in [2.75, 3.05) is 13.7 Å². The first-order valence-electron chi connectivity index (χ1n) is 6.39. The number of carbonyl (C=O) groups is 2. The molecule has 0 aliphatic carbocycles. The van der Waals surface area contributed by atoms with E-state index in [-0.39, 0.29) is 18.5 Å². The molecule has 1 fully saturated rings. The standard InChI is InChI=1S/C16H15NO4/c1-3-11-17-13(9-10-14(18)20-2)15(16(17)19)21-12-7-5-4-6-8-12/h1,4-10,13,15H,11H2,2H3/b10-9+/t13-,15-/m1/s1. The summed E-state index contributed by atoms with van der Waals surface area (Å²) in [7, 11) is 1.29. The van der Waals surface area contributed by atoms with Crippen LogP contribution >= 0.6 is 0 Å². The van der Waals surface area contributed by atoms with Crippen LogP contribution in [-0.4, -0.2) is 42.6 Å². The lowest BCUT2D eigenvalue weighted by atomic mass is 9.97. The van der Waals surface area contributed by atoms with Crippen molar-refractivity contribution in [3.63, 3.8) is 0 Å². The van der Waals surface area contributed by atoms with E-state index < -0.39 is 12.1 Å². The van der Waals surface area contributed by atoms with Crippen LogP contribution in [0.25, 0.3) is 0 Å². The lowest BCUT2D eigenvalue weighted by Gasteiger charge is -2.44. The van der Waals surface area contributed by atoms with E-state index in [2.05, 4.69) is 10.7 Å². The fraction of sp³-hybridized carbons (Fsp3) is 0.250. The summed E-state index contributed by atoms with van der Waals surface area (Å²) in [6, 6.07) is 8.63. The van der Waals surface area contributed by atoms with E-state index in [9.17, 15) is 9.59 Å². The normalized spacial score (nSPS) is 20.8. The maximum atomic E-state index is 12.0. The Balaban J connectivity index is 2.11. The molecule has 1 heterocycles. The molecule has 0 bridgehead atoms. The van der Waals surface area contributed by atoms with Gasteiger partial charge in [-0.05, 0) is 12.1 Å². The number of likely N-dealkylation sites (tertiary alicyclic amines) is 1. The Morgan fingerprint density at radius 3 is 2.76 bits per heavy atom. The lowest BCUT2D eigenvalue weighted by molar-refractivity contribution is -0.158. The minimum absolute atomic E-state index is 0.170. The van der Waals surface area contributed by atoms with Gasteiger partial charge in [0.15, 0.2) is 0 Å². The van der Waals surface area contributed by atoms with E-state index in [1.165, 1.54) is 18.1 Å². The second kappa shape index (κ2) is 6.62. The molecule has 0 N–H and O–H groups in total. The Kier molecular flexibility index (Phi) is 4.62. The van der Waals surface area contributed by atoms with Crippen LogP contribution in [0.3, 0.4) is 0 Å². The number of terminal acetylenes is 1. The summed E-state index contributed by atoms with van der Waals surface area (Å²) >= 11 is 0. The third kappa shape index (κ3) is 3.23. The van der Waals surface area contributed by atoms with Crippen molar-refractivity contribution in [2.24, 2.45) is 0 Å². The molecule has 1 aliphatic rings. The first-order chi connectivity index (χ1) is 10.2. The monoisotopic (exact) mass is 285 g/mol. The van der Waals surface area contributed by atoms with Gasteiger partial charge in [0.2, 0.25) is 6.10 Å². The Morgan fingerprint density at radius 1 is 1.43 bits per heavy atom. The highest BCUT2D eigenvalue weighted by molar-refractivity contribution is 5.90. The highest BCUT2D eigenvalue weighted by atomic mass is 16.5. The third-order valence-corrected chi connectivity index (χ3v) is 3.10. The van der Waals surface area contributed by atoms with Crippen LogP contribution in [0.15, 0.2) is 42.5 Å². The van der Waals surface area contributed by atoms with Gasteiger partial charge in [0, 0.05) is 6.08 Å². The fourth-order valence-electron chi connectivity index (χ4n) is 2.04. The summed E-state index contributed by atoms with van der Waals surface area (Å²) in [6.07, 6.45) is 7.40. The average molecular weight is 285 g/mol. The molecule has 1 saturated heterocycles. The predicted octanol–water partition coefficient (Wildman–Crippen LogP) is 1.01. The summed E-state index contributed by atoms with van der Waals surface area (Å²) < 4.78 is 10.2. The number of nitrogens with zero attached hydrogens (tertiary/aromatic N) is 1. The Labute approximate surface area is 123 Å². The molecule has 0 aromatic heterocycles. The van der Waals surface area contributed by atoms with Crippen molar-refractivity contribution in [1.82, 2.24) is 4.90 Å². The van der Waals surface area contributed by atoms with Crippen LogP contribution < -0.4 is 4.74 Å². The number of ether oxygens (including phenoxy) is 2. The number of methoxy groups -OCH3 is 1. The molecule has 0 unspecified atom stereocenters. The quantitative estimate of drug-likeness (QED) is 0.351. The molecule has 1 aromatic carbocycles. The molecule has 2 atom stereocenters. The van der Waals surface area contributed by atoms with Gasteiger partial charge in [-0.2, -0.15) is 0 Å². The van der Waals surface area contributed by atoms with Gasteiger partial charge >= 0.3 is 5.97 Å². The molecule has 0 spiro atoms. The molecule has 5 nitrogen and oxygen atoms in total. The van der Waals surface area contributed by atoms with Gasteiger partial charge in [0.25, 0.3) is 5.91 Å². The van der Waals surface area contributed by atoms with Crippen molar-refractivity contribution in [3.05, 3.63) is 42.5 Å². The van der Waals surface area contributed by atoms with E-state index in [4.69, 9.17) is 11.2 Å². The topological polar surface area (TPSA) is 55.8 Å². The van der Waals surface area contributed by atoms with E-state index in [1.807, 2.05) is 18.2 Å². The number of esters is 1. The second-order valence-corrected chi connectivity index (χ2v) is 4.39. The zero-order valence-corrected chi connectivity index (χ0v) is 11.6. The molecule has 108 valence electrons. The van der Waals surface area contributed by atoms with Gasteiger partial charge in [-0.1, -0.05) is 30.2 Å². The van der Waals surface area contributed by atoms with E-state index >= 15 is 0 Å². The molecule has 21 heavy (non-hydrogen) atoms.